The van der Waals surface area contributed by atoms with E-state index in [0.29, 0.717) is 6.07 Å². The van der Waals surface area contributed by atoms with Crippen LogP contribution in [0.4, 0.5) is 26.3 Å². The molecule has 0 spiro atoms. The topological polar surface area (TPSA) is 75.3 Å². The molecule has 154 valence electrons. The normalized spacial score (nSPS) is 12.9. The molecule has 5 nitrogen and oxygen atoms in total. The Kier molecular flexibility index (Phi) is 8.26. The van der Waals surface area contributed by atoms with Gasteiger partial charge in [-0.2, -0.15) is 26.3 Å². The first-order valence-corrected chi connectivity index (χ1v) is 9.91. The Morgan fingerprint density at radius 1 is 1.11 bits per heavy atom. The molecule has 1 rings (SSSR count). The van der Waals surface area contributed by atoms with Crippen LogP contribution in [0.25, 0.3) is 0 Å². The van der Waals surface area contributed by atoms with Crippen molar-refractivity contribution in [3.63, 3.8) is 0 Å². The van der Waals surface area contributed by atoms with Crippen LogP contribution in [0.1, 0.15) is 12.0 Å². The second-order valence-electron chi connectivity index (χ2n) is 4.93. The molecular weight excluding hydrogens is 446 g/mol. The molecule has 2 N–H and O–H groups in total. The van der Waals surface area contributed by atoms with E-state index in [2.05, 4.69) is 5.32 Å². The standard InChI is InChI=1S/C13H13ClF6N2O3S2/c14-10-2-1-8(7-9(10)12(15,16)17)27(24,25)22-4-3-11(23)21-5-6-26-13(18,19)20/h1-2,7,22H,3-6H2,(H,21,23). The van der Waals surface area contributed by atoms with E-state index >= 15 is 0 Å². The van der Waals surface area contributed by atoms with E-state index in [1.807, 2.05) is 4.72 Å². The van der Waals surface area contributed by atoms with E-state index in [0.717, 1.165) is 12.1 Å². The van der Waals surface area contributed by atoms with Crippen molar-refractivity contribution in [2.45, 2.75) is 23.0 Å². The van der Waals surface area contributed by atoms with Crippen molar-refractivity contribution in [3.05, 3.63) is 28.8 Å². The Labute approximate surface area is 159 Å². The fraction of sp³-hybridized carbons (Fsp3) is 0.462. The summed E-state index contributed by atoms with van der Waals surface area (Å²) >= 11 is 5.08. The number of nitrogens with one attached hydrogen (secondary N) is 2. The molecule has 27 heavy (non-hydrogen) atoms. The molecule has 0 atom stereocenters. The number of alkyl halides is 6. The van der Waals surface area contributed by atoms with Gasteiger partial charge in [-0.15, -0.1) is 0 Å². The molecule has 0 saturated carbocycles. The fourth-order valence-electron chi connectivity index (χ4n) is 1.72. The average molecular weight is 459 g/mol. The van der Waals surface area contributed by atoms with Gasteiger partial charge in [0.1, 0.15) is 0 Å². The van der Waals surface area contributed by atoms with Crippen molar-refractivity contribution >= 4 is 39.3 Å². The molecule has 0 saturated heterocycles. The number of benzene rings is 1. The van der Waals surface area contributed by atoms with Crippen LogP contribution in [0.2, 0.25) is 5.02 Å². The van der Waals surface area contributed by atoms with Gasteiger partial charge in [-0.1, -0.05) is 11.6 Å². The SMILES string of the molecule is O=C(CCNS(=O)(=O)c1ccc(Cl)c(C(F)(F)F)c1)NCCSC(F)(F)F. The van der Waals surface area contributed by atoms with Crippen LogP contribution in [0.3, 0.4) is 0 Å². The van der Waals surface area contributed by atoms with E-state index in [1.165, 1.54) is 0 Å². The highest BCUT2D eigenvalue weighted by molar-refractivity contribution is 8.00. The number of carbonyl (C=O) groups is 1. The molecule has 14 heteroatoms. The van der Waals surface area contributed by atoms with Crippen molar-refractivity contribution in [3.8, 4) is 0 Å². The van der Waals surface area contributed by atoms with Crippen LogP contribution in [0.15, 0.2) is 23.1 Å². The summed E-state index contributed by atoms with van der Waals surface area (Å²) in [5.41, 5.74) is -5.75. The van der Waals surface area contributed by atoms with Crippen LogP contribution in [0.5, 0.6) is 0 Å². The molecular formula is C13H13ClF6N2O3S2. The minimum absolute atomic E-state index is 0.276. The van der Waals surface area contributed by atoms with E-state index in [1.54, 1.807) is 0 Å². The Balaban J connectivity index is 2.56. The third-order valence-electron chi connectivity index (χ3n) is 2.89. The van der Waals surface area contributed by atoms with E-state index in [-0.39, 0.29) is 18.3 Å². The minimum atomic E-state index is -4.85. The molecule has 0 heterocycles. The number of sulfonamides is 1. The second-order valence-corrected chi connectivity index (χ2v) is 8.27. The summed E-state index contributed by atoms with van der Waals surface area (Å²) in [4.78, 5) is 10.7. The summed E-state index contributed by atoms with van der Waals surface area (Å²) in [6.07, 6.45) is -5.26. The Hall–Kier alpha value is -1.18. The molecule has 1 aromatic carbocycles. The van der Waals surface area contributed by atoms with Crippen LogP contribution < -0.4 is 10.0 Å². The van der Waals surface area contributed by atoms with E-state index in [9.17, 15) is 39.6 Å². The quantitative estimate of drug-likeness (QED) is 0.462. The van der Waals surface area contributed by atoms with Gasteiger partial charge < -0.3 is 5.32 Å². The number of hydrogen-bond acceptors (Lipinski definition) is 4. The lowest BCUT2D eigenvalue weighted by atomic mass is 10.2. The first-order chi connectivity index (χ1) is 12.2. The van der Waals surface area contributed by atoms with Crippen LogP contribution in [0, 0.1) is 0 Å². The van der Waals surface area contributed by atoms with E-state index in [4.69, 9.17) is 11.6 Å². The number of rotatable bonds is 8. The molecule has 0 fully saturated rings. The molecule has 0 aliphatic rings. The summed E-state index contributed by atoms with van der Waals surface area (Å²) < 4.78 is 99.9. The van der Waals surface area contributed by atoms with Gasteiger partial charge in [-0.05, 0) is 30.0 Å². The van der Waals surface area contributed by atoms with Crippen LogP contribution >= 0.6 is 23.4 Å². The Morgan fingerprint density at radius 2 is 1.74 bits per heavy atom. The lowest BCUT2D eigenvalue weighted by molar-refractivity contribution is -0.137. The molecule has 1 amide bonds. The lowest BCUT2D eigenvalue weighted by Crippen LogP contribution is -2.32. The van der Waals surface area contributed by atoms with Gasteiger partial charge in [0.25, 0.3) is 0 Å². The molecule has 0 bridgehead atoms. The smallest absolute Gasteiger partial charge is 0.355 e. The number of thioether (sulfide) groups is 1. The van der Waals surface area contributed by atoms with Crippen LogP contribution in [-0.2, 0) is 21.0 Å². The van der Waals surface area contributed by atoms with Gasteiger partial charge >= 0.3 is 11.7 Å². The predicted octanol–water partition coefficient (Wildman–Crippen LogP) is 3.40. The van der Waals surface area contributed by atoms with E-state index < -0.39 is 61.8 Å². The maximum absolute atomic E-state index is 12.8. The van der Waals surface area contributed by atoms with Gasteiger partial charge in [0, 0.05) is 25.3 Å². The Morgan fingerprint density at radius 3 is 2.30 bits per heavy atom. The van der Waals surface area contributed by atoms with Crippen molar-refractivity contribution in [1.82, 2.24) is 10.0 Å². The van der Waals surface area contributed by atoms with Gasteiger partial charge in [0.05, 0.1) is 15.5 Å². The second kappa shape index (κ2) is 9.34. The highest BCUT2D eigenvalue weighted by atomic mass is 35.5. The van der Waals surface area contributed by atoms with Crippen LogP contribution in [-0.4, -0.2) is 38.7 Å². The van der Waals surface area contributed by atoms with Gasteiger partial charge in [0.2, 0.25) is 15.9 Å². The zero-order chi connectivity index (χ0) is 20.9. The number of amides is 1. The fourth-order valence-corrected chi connectivity index (χ4v) is 3.43. The summed E-state index contributed by atoms with van der Waals surface area (Å²) in [6.45, 7) is -0.730. The molecule has 0 radical (unpaired) electrons. The maximum atomic E-state index is 12.8. The summed E-state index contributed by atoms with van der Waals surface area (Å²) in [5.74, 6) is -1.13. The zero-order valence-corrected chi connectivity index (χ0v) is 15.6. The average Bonchev–Trinajstić information content (AvgIpc) is 2.49. The number of hydrogen-bond donors (Lipinski definition) is 2. The zero-order valence-electron chi connectivity index (χ0n) is 13.2. The third-order valence-corrected chi connectivity index (χ3v) is 5.41. The van der Waals surface area contributed by atoms with Gasteiger partial charge in [-0.3, -0.25) is 4.79 Å². The Bertz CT molecular complexity index is 768. The molecule has 0 unspecified atom stereocenters. The maximum Gasteiger partial charge on any atom is 0.441 e. The molecule has 0 aliphatic heterocycles. The summed E-state index contributed by atoms with van der Waals surface area (Å²) in [5, 5.41) is 1.49. The van der Waals surface area contributed by atoms with Gasteiger partial charge in [0.15, 0.2) is 0 Å². The number of halogens is 7. The predicted molar refractivity (Wildman–Crippen MR) is 87.8 cm³/mol. The number of carbonyl (C=O) groups excluding carboxylic acids is 1. The van der Waals surface area contributed by atoms with Crippen molar-refractivity contribution in [1.29, 1.82) is 0 Å². The van der Waals surface area contributed by atoms with Crippen molar-refractivity contribution in [2.24, 2.45) is 0 Å². The summed E-state index contributed by atoms with van der Waals surface area (Å²) in [7, 11) is -4.34. The first-order valence-electron chi connectivity index (χ1n) is 7.06. The largest absolute Gasteiger partial charge is 0.441 e. The van der Waals surface area contributed by atoms with Gasteiger partial charge in [-0.25, -0.2) is 13.1 Å². The summed E-state index contributed by atoms with van der Waals surface area (Å²) in [6, 6.07) is 2.01. The van der Waals surface area contributed by atoms with Crippen molar-refractivity contribution in [2.75, 3.05) is 18.8 Å². The monoisotopic (exact) mass is 458 g/mol. The lowest BCUT2D eigenvalue weighted by Gasteiger charge is -2.12. The highest BCUT2D eigenvalue weighted by Crippen LogP contribution is 2.35. The minimum Gasteiger partial charge on any atom is -0.355 e. The van der Waals surface area contributed by atoms with Crippen molar-refractivity contribution < 1.29 is 39.6 Å². The molecule has 0 aliphatic carbocycles. The molecule has 0 aromatic heterocycles. The first kappa shape index (κ1) is 23.9. The molecule has 1 aromatic rings. The third kappa shape index (κ3) is 8.58. The highest BCUT2D eigenvalue weighted by Gasteiger charge is 2.34.